The van der Waals surface area contributed by atoms with Crippen molar-refractivity contribution in [2.75, 3.05) is 0 Å². The molecule has 6 N–H and O–H groups in total. The summed E-state index contributed by atoms with van der Waals surface area (Å²) >= 11 is 0. The molecule has 2 aromatic rings. The first kappa shape index (κ1) is 31.0. The first-order valence-electron chi connectivity index (χ1n) is 14.5. The lowest BCUT2D eigenvalue weighted by molar-refractivity contribution is -0.118. The van der Waals surface area contributed by atoms with Gasteiger partial charge in [0.1, 0.15) is 23.3 Å². The van der Waals surface area contributed by atoms with Crippen molar-refractivity contribution in [1.82, 2.24) is 10.6 Å². The number of nitriles is 2. The van der Waals surface area contributed by atoms with Gasteiger partial charge in [0, 0.05) is 12.1 Å². The molecule has 0 heterocycles. The number of phenols is 4. The van der Waals surface area contributed by atoms with Crippen LogP contribution in [0.5, 0.6) is 23.0 Å². The molecule has 10 heteroatoms. The topological polar surface area (TPSA) is 187 Å². The van der Waals surface area contributed by atoms with Crippen LogP contribution in [0, 0.1) is 34.5 Å². The molecular weight excluding hydrogens is 548 g/mol. The molecule has 0 aliphatic heterocycles. The number of rotatable bonds is 8. The quantitative estimate of drug-likeness (QED) is 0.145. The molecule has 2 saturated carbocycles. The summed E-state index contributed by atoms with van der Waals surface area (Å²) < 4.78 is 0. The Hall–Kier alpha value is -4.96. The Morgan fingerprint density at radius 2 is 1.02 bits per heavy atom. The Morgan fingerprint density at radius 1 is 0.651 bits per heavy atom. The summed E-state index contributed by atoms with van der Waals surface area (Å²) in [4.78, 5) is 25.4. The van der Waals surface area contributed by atoms with Crippen LogP contribution in [-0.4, -0.2) is 44.3 Å². The number of nitrogens with zero attached hydrogens (tertiary/aromatic N) is 2. The second kappa shape index (κ2) is 14.3. The molecule has 2 amide bonds. The fourth-order valence-corrected chi connectivity index (χ4v) is 5.97. The van der Waals surface area contributed by atoms with E-state index in [1.54, 1.807) is 0 Å². The Labute approximate surface area is 250 Å². The average Bonchev–Trinajstić information content (AvgIpc) is 3.00. The Balaban J connectivity index is 1.19. The van der Waals surface area contributed by atoms with Crippen LogP contribution >= 0.6 is 0 Å². The normalized spacial score (nSPS) is 22.6. The van der Waals surface area contributed by atoms with E-state index >= 15 is 0 Å². The molecule has 2 fully saturated rings. The van der Waals surface area contributed by atoms with Gasteiger partial charge in [-0.25, -0.2) is 0 Å². The van der Waals surface area contributed by atoms with Crippen molar-refractivity contribution in [2.45, 2.75) is 69.9 Å². The molecule has 0 saturated heterocycles. The zero-order valence-electron chi connectivity index (χ0n) is 23.8. The highest BCUT2D eigenvalue weighted by Gasteiger charge is 2.29. The number of carbonyl (C=O) groups excluding carboxylic acids is 2. The molecule has 0 bridgehead atoms. The van der Waals surface area contributed by atoms with Gasteiger partial charge >= 0.3 is 0 Å². The van der Waals surface area contributed by atoms with E-state index in [-0.39, 0.29) is 46.2 Å². The van der Waals surface area contributed by atoms with E-state index in [1.807, 2.05) is 12.1 Å². The smallest absolute Gasteiger partial charge is 0.262 e. The number of hydrogen-bond acceptors (Lipinski definition) is 8. The SMILES string of the molecule is N#CC(=Cc1ccc(O)c(O)c1)C(=O)NC1CCC(CC2CCC(NC(=O)C(C#N)=Cc3ccc(O)c(O)c3)CC2)CC1. The number of phenolic OH excluding ortho intramolecular Hbond substituents is 4. The average molecular weight is 585 g/mol. The second-order valence-electron chi connectivity index (χ2n) is 11.5. The summed E-state index contributed by atoms with van der Waals surface area (Å²) in [6.45, 7) is 0. The molecule has 2 aromatic carbocycles. The van der Waals surface area contributed by atoms with E-state index in [0.717, 1.165) is 57.8 Å². The number of amides is 2. The fourth-order valence-electron chi connectivity index (χ4n) is 5.97. The molecule has 0 aromatic heterocycles. The predicted octanol–water partition coefficient (Wildman–Crippen LogP) is 4.76. The van der Waals surface area contributed by atoms with Gasteiger partial charge in [0.15, 0.2) is 23.0 Å². The van der Waals surface area contributed by atoms with E-state index in [0.29, 0.717) is 23.0 Å². The van der Waals surface area contributed by atoms with Crippen LogP contribution in [0.1, 0.15) is 68.9 Å². The minimum Gasteiger partial charge on any atom is -0.504 e. The third kappa shape index (κ3) is 8.52. The molecule has 0 radical (unpaired) electrons. The summed E-state index contributed by atoms with van der Waals surface area (Å²) in [5.41, 5.74) is 0.760. The van der Waals surface area contributed by atoms with Gasteiger partial charge in [0.05, 0.1) is 0 Å². The molecule has 0 atom stereocenters. The third-order valence-electron chi connectivity index (χ3n) is 8.38. The Morgan fingerprint density at radius 3 is 1.35 bits per heavy atom. The van der Waals surface area contributed by atoms with Crippen molar-refractivity contribution < 1.29 is 30.0 Å². The first-order valence-corrected chi connectivity index (χ1v) is 14.5. The highest BCUT2D eigenvalue weighted by atomic mass is 16.3. The van der Waals surface area contributed by atoms with Crippen LogP contribution < -0.4 is 10.6 Å². The maximum atomic E-state index is 12.7. The van der Waals surface area contributed by atoms with E-state index in [9.17, 15) is 40.5 Å². The number of hydrogen-bond donors (Lipinski definition) is 6. The highest BCUT2D eigenvalue weighted by Crippen LogP contribution is 2.36. The molecule has 0 unspecified atom stereocenters. The van der Waals surface area contributed by atoms with E-state index < -0.39 is 11.8 Å². The number of nitrogens with one attached hydrogen (secondary N) is 2. The molecule has 4 rings (SSSR count). The van der Waals surface area contributed by atoms with Crippen LogP contribution in [0.2, 0.25) is 0 Å². The lowest BCUT2D eigenvalue weighted by Gasteiger charge is -2.34. The highest BCUT2D eigenvalue weighted by molar-refractivity contribution is 6.02. The third-order valence-corrected chi connectivity index (χ3v) is 8.38. The van der Waals surface area contributed by atoms with Crippen molar-refractivity contribution >= 4 is 24.0 Å². The number of carbonyl (C=O) groups is 2. The van der Waals surface area contributed by atoms with Crippen molar-refractivity contribution in [3.8, 4) is 35.1 Å². The lowest BCUT2D eigenvalue weighted by Crippen LogP contribution is -2.39. The van der Waals surface area contributed by atoms with Gasteiger partial charge in [-0.1, -0.05) is 12.1 Å². The van der Waals surface area contributed by atoms with Crippen molar-refractivity contribution in [1.29, 1.82) is 10.5 Å². The van der Waals surface area contributed by atoms with Gasteiger partial charge in [-0.05, 0) is 117 Å². The van der Waals surface area contributed by atoms with Crippen LogP contribution in [-0.2, 0) is 9.59 Å². The minimum atomic E-state index is -0.450. The number of aromatic hydroxyl groups is 4. The predicted molar refractivity (Wildman–Crippen MR) is 159 cm³/mol. The largest absolute Gasteiger partial charge is 0.504 e. The fraction of sp³-hybridized carbons (Fsp3) is 0.394. The van der Waals surface area contributed by atoms with Gasteiger partial charge in [0.2, 0.25) is 0 Å². The van der Waals surface area contributed by atoms with Crippen LogP contribution in [0.25, 0.3) is 12.2 Å². The molecule has 2 aliphatic rings. The van der Waals surface area contributed by atoms with Crippen LogP contribution in [0.3, 0.4) is 0 Å². The van der Waals surface area contributed by atoms with Crippen LogP contribution in [0.15, 0.2) is 47.5 Å². The summed E-state index contributed by atoms with van der Waals surface area (Å²) in [5, 5.41) is 63.1. The van der Waals surface area contributed by atoms with Crippen LogP contribution in [0.4, 0.5) is 0 Å². The second-order valence-corrected chi connectivity index (χ2v) is 11.5. The standard InChI is InChI=1S/C33H36N4O6/c34-18-24(14-22-5-11-28(38)30(40)16-22)32(42)36-26-7-1-20(2-8-26)13-21-3-9-27(10-4-21)37-33(43)25(19-35)15-23-6-12-29(39)31(41)17-23/h5-6,11-12,14-17,20-21,26-27,38-41H,1-4,7-10,13H2,(H,36,42)(H,37,43). The van der Waals surface area contributed by atoms with Crippen molar-refractivity contribution in [2.24, 2.45) is 11.8 Å². The monoisotopic (exact) mass is 584 g/mol. The van der Waals surface area contributed by atoms with Gasteiger partial charge in [0.25, 0.3) is 11.8 Å². The van der Waals surface area contributed by atoms with E-state index in [4.69, 9.17) is 0 Å². The van der Waals surface area contributed by atoms with Gasteiger partial charge < -0.3 is 31.1 Å². The van der Waals surface area contributed by atoms with Gasteiger partial charge in [-0.2, -0.15) is 10.5 Å². The summed E-state index contributed by atoms with van der Waals surface area (Å²) in [6, 6.07) is 12.0. The maximum absolute atomic E-state index is 12.7. The first-order chi connectivity index (χ1) is 20.6. The molecule has 2 aliphatic carbocycles. The summed E-state index contributed by atoms with van der Waals surface area (Å²) in [5.74, 6) is -0.968. The Kier molecular flexibility index (Phi) is 10.3. The van der Waals surface area contributed by atoms with Crippen molar-refractivity contribution in [3.05, 3.63) is 58.7 Å². The van der Waals surface area contributed by atoms with E-state index in [2.05, 4.69) is 10.6 Å². The molecule has 224 valence electrons. The van der Waals surface area contributed by atoms with Gasteiger partial charge in [-0.15, -0.1) is 0 Å². The Bertz CT molecular complexity index is 1370. The number of benzene rings is 2. The van der Waals surface area contributed by atoms with Gasteiger partial charge in [-0.3, -0.25) is 9.59 Å². The molecule has 0 spiro atoms. The zero-order chi connectivity index (χ0) is 30.9. The molecular formula is C33H36N4O6. The summed E-state index contributed by atoms with van der Waals surface area (Å²) in [6.07, 6.45) is 11.2. The molecule has 43 heavy (non-hydrogen) atoms. The lowest BCUT2D eigenvalue weighted by atomic mass is 9.75. The minimum absolute atomic E-state index is 0.00685. The van der Waals surface area contributed by atoms with Crippen molar-refractivity contribution in [3.63, 3.8) is 0 Å². The van der Waals surface area contributed by atoms with E-state index in [1.165, 1.54) is 48.6 Å². The summed E-state index contributed by atoms with van der Waals surface area (Å²) in [7, 11) is 0. The zero-order valence-corrected chi connectivity index (χ0v) is 23.8. The molecule has 10 nitrogen and oxygen atoms in total. The maximum Gasteiger partial charge on any atom is 0.262 e.